The fourth-order valence-corrected chi connectivity index (χ4v) is 5.16. The zero-order valence-corrected chi connectivity index (χ0v) is 22.9. The van der Waals surface area contributed by atoms with Crippen LogP contribution in [0.2, 0.25) is 0 Å². The summed E-state index contributed by atoms with van der Waals surface area (Å²) in [5.41, 5.74) is 3.45. The molecule has 0 radical (unpaired) electrons. The van der Waals surface area contributed by atoms with Gasteiger partial charge in [-0.25, -0.2) is 19.4 Å². The van der Waals surface area contributed by atoms with Gasteiger partial charge in [-0.05, 0) is 52.3 Å². The number of rotatable bonds is 10. The Morgan fingerprint density at radius 3 is 2.44 bits per heavy atom. The van der Waals surface area contributed by atoms with Crippen LogP contribution in [0.5, 0.6) is 0 Å². The average molecular weight is 555 g/mol. The van der Waals surface area contributed by atoms with E-state index >= 15 is 0 Å². The minimum absolute atomic E-state index is 0.324. The number of benzene rings is 2. The standard InChI is InChI=1S/C29H30N8O4/c1-3-6-23-30-27-25(28(39)37(17-24(38)41-2)29(40)36(27)16-18-9-10-18)35(23)15-19-11-13-20(14-12-19)21-7-4-5-8-22(21)26-31-33-34-32-26/h4-5,7-8,11-14,18H,3,6,9-10,15-17H2,1-2H3,(H,31,32,33,34). The van der Waals surface area contributed by atoms with Crippen molar-refractivity contribution in [1.29, 1.82) is 0 Å². The van der Waals surface area contributed by atoms with Gasteiger partial charge in [0.25, 0.3) is 5.56 Å². The Kier molecular flexibility index (Phi) is 7.04. The molecule has 12 nitrogen and oxygen atoms in total. The number of tetrazole rings is 1. The number of aryl methyl sites for hydroxylation is 1. The third-order valence-corrected chi connectivity index (χ3v) is 7.45. The lowest BCUT2D eigenvalue weighted by atomic mass is 9.98. The van der Waals surface area contributed by atoms with Crippen molar-refractivity contribution in [1.82, 2.24) is 39.3 Å². The number of nitrogens with zero attached hydrogens (tertiary/aromatic N) is 7. The zero-order valence-electron chi connectivity index (χ0n) is 22.9. The number of aromatic amines is 1. The van der Waals surface area contributed by atoms with Crippen LogP contribution in [0.4, 0.5) is 0 Å². The van der Waals surface area contributed by atoms with Crippen molar-refractivity contribution in [3.63, 3.8) is 0 Å². The van der Waals surface area contributed by atoms with Crippen LogP contribution >= 0.6 is 0 Å². The molecule has 12 heteroatoms. The zero-order chi connectivity index (χ0) is 28.5. The first-order valence-corrected chi connectivity index (χ1v) is 13.7. The van der Waals surface area contributed by atoms with Crippen LogP contribution in [-0.4, -0.2) is 52.4 Å². The summed E-state index contributed by atoms with van der Waals surface area (Å²) in [6.07, 6.45) is 3.50. The van der Waals surface area contributed by atoms with E-state index in [0.29, 0.717) is 42.4 Å². The molecule has 0 bridgehead atoms. The van der Waals surface area contributed by atoms with Gasteiger partial charge in [-0.3, -0.25) is 14.2 Å². The molecule has 0 saturated heterocycles. The molecule has 41 heavy (non-hydrogen) atoms. The topological polar surface area (TPSA) is 143 Å². The van der Waals surface area contributed by atoms with E-state index in [1.165, 1.54) is 7.11 Å². The highest BCUT2D eigenvalue weighted by atomic mass is 16.5. The molecule has 1 aliphatic carbocycles. The predicted molar refractivity (Wildman–Crippen MR) is 151 cm³/mol. The molecule has 1 fully saturated rings. The molecule has 1 saturated carbocycles. The van der Waals surface area contributed by atoms with Crippen LogP contribution in [0, 0.1) is 5.92 Å². The Balaban J connectivity index is 1.43. The summed E-state index contributed by atoms with van der Waals surface area (Å²) >= 11 is 0. The molecular formula is C29H30N8O4. The molecule has 0 spiro atoms. The fraction of sp³-hybridized carbons (Fsp3) is 0.345. The number of carbonyl (C=O) groups excluding carboxylic acids is 1. The van der Waals surface area contributed by atoms with Crippen LogP contribution in [0.1, 0.15) is 37.6 Å². The normalized spacial score (nSPS) is 13.1. The average Bonchev–Trinajstić information content (AvgIpc) is 3.51. The summed E-state index contributed by atoms with van der Waals surface area (Å²) in [6.45, 7) is 2.45. The number of carbonyl (C=O) groups is 1. The second-order valence-electron chi connectivity index (χ2n) is 10.3. The van der Waals surface area contributed by atoms with E-state index < -0.39 is 23.8 Å². The van der Waals surface area contributed by atoms with Crippen LogP contribution < -0.4 is 11.2 Å². The number of hydrogen-bond donors (Lipinski definition) is 1. The van der Waals surface area contributed by atoms with Crippen LogP contribution in [0.15, 0.2) is 58.1 Å². The van der Waals surface area contributed by atoms with Crippen LogP contribution in [-0.2, 0) is 35.6 Å². The number of esters is 1. The van der Waals surface area contributed by atoms with E-state index in [4.69, 9.17) is 9.72 Å². The predicted octanol–water partition coefficient (Wildman–Crippen LogP) is 2.79. The molecule has 0 amide bonds. The lowest BCUT2D eigenvalue weighted by molar-refractivity contribution is -0.141. The van der Waals surface area contributed by atoms with Crippen molar-refractivity contribution in [2.45, 2.75) is 52.2 Å². The van der Waals surface area contributed by atoms with Crippen LogP contribution in [0.25, 0.3) is 33.7 Å². The Hall–Kier alpha value is -4.87. The lowest BCUT2D eigenvalue weighted by Gasteiger charge is -2.13. The van der Waals surface area contributed by atoms with Gasteiger partial charge in [0, 0.05) is 25.1 Å². The quantitative estimate of drug-likeness (QED) is 0.260. The van der Waals surface area contributed by atoms with Gasteiger partial charge in [0.2, 0.25) is 0 Å². The van der Waals surface area contributed by atoms with E-state index in [9.17, 15) is 14.4 Å². The van der Waals surface area contributed by atoms with E-state index in [2.05, 4.69) is 20.6 Å². The summed E-state index contributed by atoms with van der Waals surface area (Å²) in [5, 5.41) is 14.3. The van der Waals surface area contributed by atoms with Gasteiger partial charge < -0.3 is 9.30 Å². The summed E-state index contributed by atoms with van der Waals surface area (Å²) in [6, 6.07) is 15.9. The number of nitrogens with one attached hydrogen (secondary N) is 1. The highest BCUT2D eigenvalue weighted by Crippen LogP contribution is 2.32. The Morgan fingerprint density at radius 2 is 1.78 bits per heavy atom. The first-order valence-electron chi connectivity index (χ1n) is 13.7. The van der Waals surface area contributed by atoms with Gasteiger partial charge in [0.05, 0.1) is 7.11 Å². The maximum Gasteiger partial charge on any atom is 0.333 e. The van der Waals surface area contributed by atoms with Crippen molar-refractivity contribution in [3.8, 4) is 22.5 Å². The van der Waals surface area contributed by atoms with Crippen molar-refractivity contribution >= 4 is 17.1 Å². The molecule has 1 aliphatic rings. The summed E-state index contributed by atoms with van der Waals surface area (Å²) in [5.74, 6) is 1.02. The van der Waals surface area contributed by atoms with Gasteiger partial charge in [0.15, 0.2) is 17.0 Å². The molecule has 3 aromatic heterocycles. The molecule has 2 aromatic carbocycles. The molecule has 0 aliphatic heterocycles. The first-order chi connectivity index (χ1) is 20.0. The molecule has 0 unspecified atom stereocenters. The number of ether oxygens (including phenoxy) is 1. The number of fused-ring (bicyclic) bond motifs is 1. The molecule has 1 N–H and O–H groups in total. The summed E-state index contributed by atoms with van der Waals surface area (Å²) in [7, 11) is 1.24. The second kappa shape index (κ2) is 11.0. The SMILES string of the molecule is CCCc1nc2c(c(=O)n(CC(=O)OC)c(=O)n2CC2CC2)n1Cc1ccc(-c2ccccc2-c2nnn[nH]2)cc1. The highest BCUT2D eigenvalue weighted by Gasteiger charge is 2.28. The molecule has 5 aromatic rings. The number of aromatic nitrogens is 8. The van der Waals surface area contributed by atoms with Gasteiger partial charge in [0.1, 0.15) is 12.4 Å². The molecule has 0 atom stereocenters. The number of H-pyrrole nitrogens is 1. The summed E-state index contributed by atoms with van der Waals surface area (Å²) < 4.78 is 9.20. The first kappa shape index (κ1) is 26.4. The molecule has 210 valence electrons. The van der Waals surface area contributed by atoms with Gasteiger partial charge in [-0.15, -0.1) is 5.10 Å². The van der Waals surface area contributed by atoms with Crippen LogP contribution in [0.3, 0.4) is 0 Å². The number of hydrogen-bond acceptors (Lipinski definition) is 8. The number of imidazole rings is 1. The molecule has 3 heterocycles. The minimum atomic E-state index is -0.654. The van der Waals surface area contributed by atoms with E-state index in [0.717, 1.165) is 51.9 Å². The monoisotopic (exact) mass is 554 g/mol. The maximum atomic E-state index is 13.7. The van der Waals surface area contributed by atoms with Gasteiger partial charge >= 0.3 is 11.7 Å². The molecule has 6 rings (SSSR count). The van der Waals surface area contributed by atoms with E-state index in [1.54, 1.807) is 4.57 Å². The van der Waals surface area contributed by atoms with E-state index in [-0.39, 0.29) is 0 Å². The van der Waals surface area contributed by atoms with Crippen molar-refractivity contribution < 1.29 is 9.53 Å². The van der Waals surface area contributed by atoms with Crippen molar-refractivity contribution in [2.75, 3.05) is 7.11 Å². The van der Waals surface area contributed by atoms with Gasteiger partial charge in [-0.2, -0.15) is 0 Å². The second-order valence-corrected chi connectivity index (χ2v) is 10.3. The lowest BCUT2D eigenvalue weighted by Crippen LogP contribution is -2.42. The largest absolute Gasteiger partial charge is 0.468 e. The van der Waals surface area contributed by atoms with E-state index in [1.807, 2.05) is 60.0 Å². The summed E-state index contributed by atoms with van der Waals surface area (Å²) in [4.78, 5) is 44.1. The molecular weight excluding hydrogens is 524 g/mol. The third-order valence-electron chi connectivity index (χ3n) is 7.45. The smallest absolute Gasteiger partial charge is 0.333 e. The Labute approximate surface area is 234 Å². The maximum absolute atomic E-state index is 13.7. The Bertz CT molecular complexity index is 1830. The number of methoxy groups -OCH3 is 1. The fourth-order valence-electron chi connectivity index (χ4n) is 5.16. The highest BCUT2D eigenvalue weighted by molar-refractivity contribution is 5.80. The van der Waals surface area contributed by atoms with Crippen molar-refractivity contribution in [2.24, 2.45) is 5.92 Å². The van der Waals surface area contributed by atoms with Crippen molar-refractivity contribution in [3.05, 3.63) is 80.8 Å². The van der Waals surface area contributed by atoms with Gasteiger partial charge in [-0.1, -0.05) is 55.5 Å². The minimum Gasteiger partial charge on any atom is -0.468 e. The third kappa shape index (κ3) is 5.08. The Morgan fingerprint density at radius 1 is 1.02 bits per heavy atom.